The predicted molar refractivity (Wildman–Crippen MR) is 120 cm³/mol. The summed E-state index contributed by atoms with van der Waals surface area (Å²) in [5.41, 5.74) is 3.56. The summed E-state index contributed by atoms with van der Waals surface area (Å²) in [6, 6.07) is 17.9. The molecule has 2 aromatic heterocycles. The minimum atomic E-state index is -0.441. The monoisotopic (exact) mass is 428 g/mol. The van der Waals surface area contributed by atoms with Gasteiger partial charge in [-0.3, -0.25) is 15.1 Å². The lowest BCUT2D eigenvalue weighted by atomic mass is 10.1. The minimum absolute atomic E-state index is 0.000883. The molecule has 0 atom stereocenters. The standard InChI is InChI=1S/C24H17FN4O3/c1-2-32-19-11-12-22-20(13-19)24-21(14-26-22)23(15-3-7-18(8-4-15)29(30)31)27-28(24)17-9-5-16(25)6-10-17/h3-14H,2H2,1H3. The summed E-state index contributed by atoms with van der Waals surface area (Å²) >= 11 is 0. The van der Waals surface area contributed by atoms with E-state index in [1.807, 2.05) is 25.1 Å². The lowest BCUT2D eigenvalue weighted by Gasteiger charge is -2.08. The SMILES string of the molecule is CCOc1ccc2ncc3c(-c4ccc([N+](=O)[O-])cc4)nn(-c4ccc(F)cc4)c3c2c1. The van der Waals surface area contributed by atoms with Crippen molar-refractivity contribution in [2.75, 3.05) is 6.61 Å². The number of hydrogen-bond acceptors (Lipinski definition) is 5. The van der Waals surface area contributed by atoms with Gasteiger partial charge in [0.25, 0.3) is 5.69 Å². The van der Waals surface area contributed by atoms with Crippen molar-refractivity contribution in [3.05, 3.63) is 88.9 Å². The summed E-state index contributed by atoms with van der Waals surface area (Å²) in [6.45, 7) is 2.44. The van der Waals surface area contributed by atoms with Crippen molar-refractivity contribution in [2.45, 2.75) is 6.92 Å². The lowest BCUT2D eigenvalue weighted by molar-refractivity contribution is -0.384. The fourth-order valence-corrected chi connectivity index (χ4v) is 3.74. The Hall–Kier alpha value is -4.33. The Kier molecular flexibility index (Phi) is 4.74. The fraction of sp³-hybridized carbons (Fsp3) is 0.0833. The zero-order valence-corrected chi connectivity index (χ0v) is 17.0. The Bertz CT molecular complexity index is 1460. The van der Waals surface area contributed by atoms with E-state index < -0.39 is 4.92 Å². The van der Waals surface area contributed by atoms with E-state index in [-0.39, 0.29) is 11.5 Å². The average Bonchev–Trinajstić information content (AvgIpc) is 3.20. The number of pyridine rings is 1. The second-order valence-electron chi connectivity index (χ2n) is 7.17. The topological polar surface area (TPSA) is 83.1 Å². The van der Waals surface area contributed by atoms with Gasteiger partial charge in [0.15, 0.2) is 0 Å². The molecule has 2 heterocycles. The molecule has 0 amide bonds. The molecule has 0 saturated heterocycles. The van der Waals surface area contributed by atoms with Gasteiger partial charge in [0, 0.05) is 34.7 Å². The Morgan fingerprint density at radius 3 is 2.47 bits per heavy atom. The molecule has 7 nitrogen and oxygen atoms in total. The molecule has 32 heavy (non-hydrogen) atoms. The first-order valence-corrected chi connectivity index (χ1v) is 10.00. The maximum atomic E-state index is 13.6. The third-order valence-corrected chi connectivity index (χ3v) is 5.21. The number of nitrogens with zero attached hydrogens (tertiary/aromatic N) is 4. The number of non-ortho nitro benzene ring substituents is 1. The van der Waals surface area contributed by atoms with Crippen LogP contribution in [0.15, 0.2) is 72.9 Å². The molecule has 0 fully saturated rings. The Morgan fingerprint density at radius 2 is 1.78 bits per heavy atom. The van der Waals surface area contributed by atoms with Crippen LogP contribution in [0.3, 0.4) is 0 Å². The summed E-state index contributed by atoms with van der Waals surface area (Å²) in [4.78, 5) is 15.2. The smallest absolute Gasteiger partial charge is 0.269 e. The number of rotatable bonds is 5. The first-order valence-electron chi connectivity index (χ1n) is 10.00. The molecule has 0 N–H and O–H groups in total. The number of nitro benzene ring substituents is 1. The van der Waals surface area contributed by atoms with Gasteiger partial charge >= 0.3 is 0 Å². The zero-order chi connectivity index (χ0) is 22.2. The third-order valence-electron chi connectivity index (χ3n) is 5.21. The molecular formula is C24H17FN4O3. The maximum absolute atomic E-state index is 13.6. The van der Waals surface area contributed by atoms with Crippen molar-refractivity contribution in [1.82, 2.24) is 14.8 Å². The molecule has 0 saturated carbocycles. The van der Waals surface area contributed by atoms with Crippen LogP contribution >= 0.6 is 0 Å². The van der Waals surface area contributed by atoms with E-state index in [0.717, 1.165) is 21.8 Å². The molecular weight excluding hydrogens is 411 g/mol. The number of halogens is 1. The van der Waals surface area contributed by atoms with Gasteiger partial charge in [-0.05, 0) is 61.5 Å². The number of ether oxygens (including phenoxy) is 1. The highest BCUT2D eigenvalue weighted by Gasteiger charge is 2.18. The largest absolute Gasteiger partial charge is 0.494 e. The number of nitro groups is 1. The van der Waals surface area contributed by atoms with Crippen LogP contribution in [0.1, 0.15) is 6.92 Å². The van der Waals surface area contributed by atoms with Crippen molar-refractivity contribution in [3.8, 4) is 22.7 Å². The first kappa shape index (κ1) is 19.6. The van der Waals surface area contributed by atoms with E-state index in [4.69, 9.17) is 9.84 Å². The molecule has 0 aliphatic carbocycles. The van der Waals surface area contributed by atoms with Gasteiger partial charge in [-0.1, -0.05) is 0 Å². The number of benzene rings is 3. The van der Waals surface area contributed by atoms with Crippen LogP contribution in [0.25, 0.3) is 38.8 Å². The van der Waals surface area contributed by atoms with Crippen LogP contribution < -0.4 is 4.74 Å². The van der Waals surface area contributed by atoms with E-state index in [1.54, 1.807) is 35.1 Å². The Morgan fingerprint density at radius 1 is 1.03 bits per heavy atom. The van der Waals surface area contributed by atoms with Gasteiger partial charge in [-0.2, -0.15) is 5.10 Å². The van der Waals surface area contributed by atoms with E-state index in [0.29, 0.717) is 29.3 Å². The maximum Gasteiger partial charge on any atom is 0.269 e. The van der Waals surface area contributed by atoms with Crippen molar-refractivity contribution in [3.63, 3.8) is 0 Å². The molecule has 0 radical (unpaired) electrons. The normalized spacial score (nSPS) is 11.2. The number of fused-ring (bicyclic) bond motifs is 3. The van der Waals surface area contributed by atoms with E-state index in [2.05, 4.69) is 4.98 Å². The summed E-state index contributed by atoms with van der Waals surface area (Å²) < 4.78 is 21.0. The number of hydrogen-bond donors (Lipinski definition) is 0. The van der Waals surface area contributed by atoms with E-state index in [9.17, 15) is 14.5 Å². The zero-order valence-electron chi connectivity index (χ0n) is 17.0. The van der Waals surface area contributed by atoms with Crippen LogP contribution in [0, 0.1) is 15.9 Å². The van der Waals surface area contributed by atoms with Gasteiger partial charge in [0.1, 0.15) is 17.3 Å². The molecule has 0 unspecified atom stereocenters. The van der Waals surface area contributed by atoms with Crippen molar-refractivity contribution >= 4 is 27.5 Å². The molecule has 0 spiro atoms. The van der Waals surface area contributed by atoms with Gasteiger partial charge < -0.3 is 4.74 Å². The molecule has 8 heteroatoms. The highest BCUT2D eigenvalue weighted by molar-refractivity contribution is 6.09. The van der Waals surface area contributed by atoms with Gasteiger partial charge in [-0.25, -0.2) is 9.07 Å². The predicted octanol–water partition coefficient (Wildman–Crippen LogP) is 5.69. The summed E-state index contributed by atoms with van der Waals surface area (Å²) in [7, 11) is 0. The van der Waals surface area contributed by atoms with E-state index in [1.165, 1.54) is 24.3 Å². The lowest BCUT2D eigenvalue weighted by Crippen LogP contribution is -1.98. The van der Waals surface area contributed by atoms with Crippen LogP contribution in [0.5, 0.6) is 5.75 Å². The molecule has 3 aromatic carbocycles. The van der Waals surface area contributed by atoms with Crippen molar-refractivity contribution < 1.29 is 14.1 Å². The van der Waals surface area contributed by atoms with Crippen LogP contribution in [-0.2, 0) is 0 Å². The highest BCUT2D eigenvalue weighted by atomic mass is 19.1. The third kappa shape index (κ3) is 3.31. The Labute approximate surface area is 181 Å². The van der Waals surface area contributed by atoms with Crippen molar-refractivity contribution in [1.29, 1.82) is 0 Å². The molecule has 158 valence electrons. The van der Waals surface area contributed by atoms with Crippen LogP contribution in [-0.4, -0.2) is 26.3 Å². The van der Waals surface area contributed by atoms with Gasteiger partial charge in [0.2, 0.25) is 0 Å². The van der Waals surface area contributed by atoms with Gasteiger partial charge in [-0.15, -0.1) is 0 Å². The summed E-state index contributed by atoms with van der Waals surface area (Å²) in [5, 5.41) is 17.4. The first-order chi connectivity index (χ1) is 15.5. The second-order valence-corrected chi connectivity index (χ2v) is 7.17. The van der Waals surface area contributed by atoms with E-state index >= 15 is 0 Å². The summed E-state index contributed by atoms with van der Waals surface area (Å²) in [6.07, 6.45) is 1.74. The minimum Gasteiger partial charge on any atom is -0.494 e. The molecule has 5 rings (SSSR count). The van der Waals surface area contributed by atoms with Gasteiger partial charge in [0.05, 0.1) is 28.3 Å². The number of aromatic nitrogens is 3. The molecule has 0 aliphatic heterocycles. The molecule has 0 aliphatic rings. The molecule has 0 bridgehead atoms. The fourth-order valence-electron chi connectivity index (χ4n) is 3.74. The van der Waals surface area contributed by atoms with Crippen LogP contribution in [0.4, 0.5) is 10.1 Å². The summed E-state index contributed by atoms with van der Waals surface area (Å²) in [5.74, 6) is 0.365. The van der Waals surface area contributed by atoms with Crippen molar-refractivity contribution in [2.24, 2.45) is 0 Å². The Balaban J connectivity index is 1.82. The second kappa shape index (κ2) is 7.73. The highest BCUT2D eigenvalue weighted by Crippen LogP contribution is 2.35. The molecule has 5 aromatic rings. The average molecular weight is 428 g/mol. The quantitative estimate of drug-likeness (QED) is 0.265. The van der Waals surface area contributed by atoms with Crippen LogP contribution in [0.2, 0.25) is 0 Å².